The summed E-state index contributed by atoms with van der Waals surface area (Å²) in [5, 5.41) is 18.2. The summed E-state index contributed by atoms with van der Waals surface area (Å²) in [6, 6.07) is 0. The lowest BCUT2D eigenvalue weighted by Crippen LogP contribution is -2.24. The minimum absolute atomic E-state index is 0.0185. The van der Waals surface area contributed by atoms with Gasteiger partial charge in [-0.25, -0.2) is 0 Å². The molecular formula is C7H14O3. The van der Waals surface area contributed by atoms with Crippen LogP contribution in [0.2, 0.25) is 0 Å². The van der Waals surface area contributed by atoms with Gasteiger partial charge in [0.05, 0.1) is 6.10 Å². The van der Waals surface area contributed by atoms with Crippen molar-refractivity contribution >= 4 is 0 Å². The number of aliphatic hydroxyl groups is 2. The molecule has 1 fully saturated rings. The van der Waals surface area contributed by atoms with Gasteiger partial charge in [-0.1, -0.05) is 13.8 Å². The van der Waals surface area contributed by atoms with Crippen LogP contribution >= 0.6 is 0 Å². The molecule has 0 radical (unpaired) electrons. The smallest absolute Gasteiger partial charge is 0.181 e. The third-order valence-corrected chi connectivity index (χ3v) is 2.13. The molecule has 3 nitrogen and oxygen atoms in total. The van der Waals surface area contributed by atoms with Crippen molar-refractivity contribution in [3.63, 3.8) is 0 Å². The molecule has 1 heterocycles. The Morgan fingerprint density at radius 2 is 2.00 bits per heavy atom. The van der Waals surface area contributed by atoms with Gasteiger partial charge in [-0.3, -0.25) is 0 Å². The minimum Gasteiger partial charge on any atom is -0.387 e. The number of hydrogen-bond acceptors (Lipinski definition) is 3. The summed E-state index contributed by atoms with van der Waals surface area (Å²) in [4.78, 5) is 0. The molecule has 10 heavy (non-hydrogen) atoms. The Morgan fingerprint density at radius 3 is 2.20 bits per heavy atom. The maximum absolute atomic E-state index is 9.19. The lowest BCUT2D eigenvalue weighted by molar-refractivity contribution is -0.127. The molecule has 1 aliphatic rings. The zero-order chi connectivity index (χ0) is 7.72. The van der Waals surface area contributed by atoms with Gasteiger partial charge in [0, 0.05) is 5.92 Å². The van der Waals surface area contributed by atoms with E-state index in [4.69, 9.17) is 9.84 Å². The van der Waals surface area contributed by atoms with Gasteiger partial charge in [0.2, 0.25) is 0 Å². The summed E-state index contributed by atoms with van der Waals surface area (Å²) in [5.74, 6) is 0.0556. The first-order chi connectivity index (χ1) is 4.66. The second-order valence-electron chi connectivity index (χ2n) is 2.82. The van der Waals surface area contributed by atoms with Crippen molar-refractivity contribution in [2.75, 3.05) is 0 Å². The highest BCUT2D eigenvalue weighted by Gasteiger charge is 2.38. The van der Waals surface area contributed by atoms with E-state index >= 15 is 0 Å². The van der Waals surface area contributed by atoms with Crippen LogP contribution in [-0.4, -0.2) is 28.7 Å². The van der Waals surface area contributed by atoms with Gasteiger partial charge in [-0.15, -0.1) is 0 Å². The third kappa shape index (κ3) is 1.17. The molecule has 0 aromatic rings. The molecule has 0 amide bonds. The fraction of sp³-hybridized carbons (Fsp3) is 1.00. The summed E-state index contributed by atoms with van der Waals surface area (Å²) in [6.45, 7) is 3.86. The summed E-state index contributed by atoms with van der Waals surface area (Å²) in [5.41, 5.74) is 0. The first kappa shape index (κ1) is 7.98. The SMILES string of the molecule is CC[C@H]1O[C@H](O)[C@@H](O)C1C. The summed E-state index contributed by atoms with van der Waals surface area (Å²) in [6.07, 6.45) is -0.815. The highest BCUT2D eigenvalue weighted by Crippen LogP contribution is 2.26. The van der Waals surface area contributed by atoms with Gasteiger partial charge in [-0.05, 0) is 6.42 Å². The topological polar surface area (TPSA) is 49.7 Å². The molecule has 1 aliphatic heterocycles. The van der Waals surface area contributed by atoms with E-state index in [-0.39, 0.29) is 12.0 Å². The zero-order valence-electron chi connectivity index (χ0n) is 6.32. The number of hydrogen-bond donors (Lipinski definition) is 2. The van der Waals surface area contributed by atoms with E-state index in [9.17, 15) is 5.11 Å². The van der Waals surface area contributed by atoms with Crippen LogP contribution < -0.4 is 0 Å². The molecule has 0 saturated carbocycles. The second kappa shape index (κ2) is 2.86. The first-order valence-electron chi connectivity index (χ1n) is 3.68. The molecule has 0 spiro atoms. The average Bonchev–Trinajstić information content (AvgIpc) is 2.17. The molecule has 4 atom stereocenters. The van der Waals surface area contributed by atoms with Crippen LogP contribution in [0, 0.1) is 5.92 Å². The molecule has 3 heteroatoms. The van der Waals surface area contributed by atoms with Gasteiger partial charge in [0.25, 0.3) is 0 Å². The molecule has 1 rings (SSSR count). The molecular weight excluding hydrogens is 132 g/mol. The van der Waals surface area contributed by atoms with E-state index in [1.165, 1.54) is 0 Å². The predicted octanol–water partition coefficient (Wildman–Crippen LogP) is 0.111. The quantitative estimate of drug-likeness (QED) is 0.552. The highest BCUT2D eigenvalue weighted by atomic mass is 16.6. The normalized spacial score (nSPS) is 48.0. The minimum atomic E-state index is -0.972. The van der Waals surface area contributed by atoms with E-state index < -0.39 is 12.4 Å². The van der Waals surface area contributed by atoms with Gasteiger partial charge >= 0.3 is 0 Å². The Bertz CT molecular complexity index is 115. The van der Waals surface area contributed by atoms with Gasteiger partial charge < -0.3 is 14.9 Å². The molecule has 1 saturated heterocycles. The lowest BCUT2D eigenvalue weighted by Gasteiger charge is -2.11. The van der Waals surface area contributed by atoms with E-state index in [1.807, 2.05) is 13.8 Å². The van der Waals surface area contributed by atoms with E-state index in [0.29, 0.717) is 0 Å². The van der Waals surface area contributed by atoms with Crippen LogP contribution in [0.15, 0.2) is 0 Å². The van der Waals surface area contributed by atoms with Crippen LogP contribution in [0.4, 0.5) is 0 Å². The van der Waals surface area contributed by atoms with E-state index in [2.05, 4.69) is 0 Å². The van der Waals surface area contributed by atoms with Crippen LogP contribution in [0.25, 0.3) is 0 Å². The van der Waals surface area contributed by atoms with Gasteiger partial charge in [0.1, 0.15) is 6.10 Å². The Balaban J connectivity index is 2.53. The largest absolute Gasteiger partial charge is 0.387 e. The first-order valence-corrected chi connectivity index (χ1v) is 3.68. The maximum atomic E-state index is 9.19. The van der Waals surface area contributed by atoms with Gasteiger partial charge in [-0.2, -0.15) is 0 Å². The van der Waals surface area contributed by atoms with Crippen molar-refractivity contribution in [2.45, 2.75) is 38.8 Å². The molecule has 0 bridgehead atoms. The van der Waals surface area contributed by atoms with Crippen molar-refractivity contribution in [1.29, 1.82) is 0 Å². The Morgan fingerprint density at radius 1 is 1.40 bits per heavy atom. The van der Waals surface area contributed by atoms with Crippen LogP contribution in [0.3, 0.4) is 0 Å². The number of rotatable bonds is 1. The fourth-order valence-corrected chi connectivity index (χ4v) is 1.33. The highest BCUT2D eigenvalue weighted by molar-refractivity contribution is 4.81. The summed E-state index contributed by atoms with van der Waals surface area (Å²) < 4.78 is 5.04. The molecule has 0 aromatic heterocycles. The zero-order valence-corrected chi connectivity index (χ0v) is 6.32. The molecule has 1 unspecified atom stereocenters. The second-order valence-corrected chi connectivity index (χ2v) is 2.82. The monoisotopic (exact) mass is 146 g/mol. The third-order valence-electron chi connectivity index (χ3n) is 2.13. The van der Waals surface area contributed by atoms with Gasteiger partial charge in [0.15, 0.2) is 6.29 Å². The standard InChI is InChI=1S/C7H14O3/c1-3-5-4(2)6(8)7(9)10-5/h4-9H,3H2,1-2H3/t4?,5-,6+,7+/m1/s1. The van der Waals surface area contributed by atoms with Crippen LogP contribution in [0.1, 0.15) is 20.3 Å². The van der Waals surface area contributed by atoms with Crippen molar-refractivity contribution in [2.24, 2.45) is 5.92 Å². The lowest BCUT2D eigenvalue weighted by atomic mass is 9.99. The molecule has 0 aromatic carbocycles. The van der Waals surface area contributed by atoms with E-state index in [0.717, 1.165) is 6.42 Å². The molecule has 60 valence electrons. The number of ether oxygens (including phenoxy) is 1. The number of aliphatic hydroxyl groups excluding tert-OH is 2. The van der Waals surface area contributed by atoms with Crippen molar-refractivity contribution in [3.05, 3.63) is 0 Å². The maximum Gasteiger partial charge on any atom is 0.181 e. The van der Waals surface area contributed by atoms with Crippen molar-refractivity contribution < 1.29 is 14.9 Å². The summed E-state index contributed by atoms with van der Waals surface area (Å²) >= 11 is 0. The van der Waals surface area contributed by atoms with Crippen LogP contribution in [0.5, 0.6) is 0 Å². The van der Waals surface area contributed by atoms with Crippen molar-refractivity contribution in [1.82, 2.24) is 0 Å². The Hall–Kier alpha value is -0.120. The molecule has 0 aliphatic carbocycles. The van der Waals surface area contributed by atoms with E-state index in [1.54, 1.807) is 0 Å². The predicted molar refractivity (Wildman–Crippen MR) is 36.3 cm³/mol. The Labute approximate surface area is 60.6 Å². The summed E-state index contributed by atoms with van der Waals surface area (Å²) in [7, 11) is 0. The average molecular weight is 146 g/mol. The Kier molecular flexibility index (Phi) is 2.28. The van der Waals surface area contributed by atoms with Crippen molar-refractivity contribution in [3.8, 4) is 0 Å². The van der Waals surface area contributed by atoms with Crippen LogP contribution in [-0.2, 0) is 4.74 Å². The molecule has 2 N–H and O–H groups in total. The fourth-order valence-electron chi connectivity index (χ4n) is 1.33.